The first-order valence-corrected chi connectivity index (χ1v) is 14.5. The molecule has 0 spiro atoms. The number of hydrogen-bond donors (Lipinski definition) is 2. The third kappa shape index (κ3) is 3.48. The minimum Gasteiger partial charge on any atom is -0.315 e. The highest BCUT2D eigenvalue weighted by Gasteiger charge is 2.65. The van der Waals surface area contributed by atoms with Gasteiger partial charge < -0.3 is 10.6 Å². The normalized spacial score (nSPS) is 39.1. The molecule has 8 atom stereocenters. The molecule has 190 valence electrons. The van der Waals surface area contributed by atoms with E-state index < -0.39 is 0 Å². The lowest BCUT2D eigenvalue weighted by Crippen LogP contribution is -2.70. The van der Waals surface area contributed by atoms with Gasteiger partial charge in [-0.2, -0.15) is 0 Å². The fraction of sp³-hybridized carbons (Fsp3) is 0.594. The van der Waals surface area contributed by atoms with Gasteiger partial charge in [-0.25, -0.2) is 0 Å². The molecule has 5 fully saturated rings. The molecule has 8 unspecified atom stereocenters. The summed E-state index contributed by atoms with van der Waals surface area (Å²) in [6, 6.07) is 20.2. The number of nitrogens with one attached hydrogen (secondary N) is 2. The molecule has 0 aromatic heterocycles. The maximum Gasteiger partial charge on any atom is 0.165 e. The number of hydrogen-bond acceptors (Lipinski definition) is 4. The van der Waals surface area contributed by atoms with Gasteiger partial charge in [0, 0.05) is 30.1 Å². The van der Waals surface area contributed by atoms with Gasteiger partial charge >= 0.3 is 0 Å². The molecule has 4 nitrogen and oxygen atoms in total. The molecular formula is C32H41N3O. The maximum absolute atomic E-state index is 14.0. The Balaban J connectivity index is 1.21. The van der Waals surface area contributed by atoms with E-state index in [-0.39, 0.29) is 11.3 Å². The van der Waals surface area contributed by atoms with Crippen LogP contribution in [0.25, 0.3) is 11.1 Å². The number of piperidine rings is 3. The van der Waals surface area contributed by atoms with Crippen LogP contribution < -0.4 is 10.6 Å². The van der Waals surface area contributed by atoms with Gasteiger partial charge in [-0.3, -0.25) is 9.69 Å². The Morgan fingerprint density at radius 2 is 1.67 bits per heavy atom. The molecule has 0 amide bonds. The molecule has 4 heteroatoms. The number of carbonyl (C=O) groups is 1. The quantitative estimate of drug-likeness (QED) is 0.589. The van der Waals surface area contributed by atoms with Gasteiger partial charge in [0.2, 0.25) is 0 Å². The molecule has 4 saturated heterocycles. The average molecular weight is 484 g/mol. The average Bonchev–Trinajstić information content (AvgIpc) is 3.26. The highest BCUT2D eigenvalue weighted by molar-refractivity contribution is 5.98. The minimum absolute atomic E-state index is 0.154. The zero-order chi connectivity index (χ0) is 24.4. The summed E-state index contributed by atoms with van der Waals surface area (Å²) >= 11 is 0. The van der Waals surface area contributed by atoms with Gasteiger partial charge in [0.25, 0.3) is 0 Å². The number of fused-ring (bicyclic) bond motifs is 5. The van der Waals surface area contributed by atoms with Crippen molar-refractivity contribution in [2.24, 2.45) is 35.0 Å². The van der Waals surface area contributed by atoms with E-state index in [0.29, 0.717) is 41.8 Å². The van der Waals surface area contributed by atoms with Crippen LogP contribution >= 0.6 is 0 Å². The summed E-state index contributed by atoms with van der Waals surface area (Å²) in [7, 11) is 0. The van der Waals surface area contributed by atoms with Crippen molar-refractivity contribution in [3.05, 3.63) is 60.2 Å². The van der Waals surface area contributed by atoms with Crippen molar-refractivity contribution in [1.82, 2.24) is 15.5 Å². The van der Waals surface area contributed by atoms with Crippen LogP contribution in [0.3, 0.4) is 0 Å². The van der Waals surface area contributed by atoms with Crippen molar-refractivity contribution in [1.29, 1.82) is 0 Å². The Labute approximate surface area is 216 Å². The lowest BCUT2D eigenvalue weighted by Gasteiger charge is -2.62. The minimum atomic E-state index is 0.154. The first-order valence-electron chi connectivity index (χ1n) is 14.5. The topological polar surface area (TPSA) is 44.4 Å². The van der Waals surface area contributed by atoms with Crippen molar-refractivity contribution >= 4 is 5.78 Å². The van der Waals surface area contributed by atoms with Gasteiger partial charge in [0.1, 0.15) is 0 Å². The van der Waals surface area contributed by atoms with E-state index in [9.17, 15) is 4.79 Å². The van der Waals surface area contributed by atoms with Gasteiger partial charge in [0.15, 0.2) is 5.78 Å². The van der Waals surface area contributed by atoms with E-state index in [4.69, 9.17) is 0 Å². The first-order chi connectivity index (χ1) is 17.5. The van der Waals surface area contributed by atoms with Crippen LogP contribution in [-0.4, -0.2) is 48.6 Å². The molecule has 2 aromatic rings. The summed E-state index contributed by atoms with van der Waals surface area (Å²) in [6.07, 6.45) is 6.51. The molecule has 0 bridgehead atoms. The van der Waals surface area contributed by atoms with Crippen molar-refractivity contribution in [3.8, 4) is 11.1 Å². The molecule has 1 saturated carbocycles. The second kappa shape index (κ2) is 8.79. The number of nitrogens with zero attached hydrogens (tertiary/aromatic N) is 1. The summed E-state index contributed by atoms with van der Waals surface area (Å²) in [5.41, 5.74) is 3.55. The lowest BCUT2D eigenvalue weighted by atomic mass is 9.53. The Bertz CT molecular complexity index is 1110. The summed E-state index contributed by atoms with van der Waals surface area (Å²) in [5, 5.41) is 7.71. The third-order valence-corrected chi connectivity index (χ3v) is 11.0. The molecule has 36 heavy (non-hydrogen) atoms. The summed E-state index contributed by atoms with van der Waals surface area (Å²) in [4.78, 5) is 17.0. The van der Waals surface area contributed by atoms with Gasteiger partial charge in [-0.05, 0) is 85.4 Å². The Morgan fingerprint density at radius 3 is 2.47 bits per heavy atom. The van der Waals surface area contributed by atoms with E-state index in [2.05, 4.69) is 77.9 Å². The van der Waals surface area contributed by atoms with Gasteiger partial charge in [0.05, 0.1) is 6.17 Å². The van der Waals surface area contributed by atoms with Crippen molar-refractivity contribution in [3.63, 3.8) is 0 Å². The van der Waals surface area contributed by atoms with Crippen LogP contribution in [-0.2, 0) is 0 Å². The van der Waals surface area contributed by atoms with Crippen LogP contribution in [0, 0.1) is 35.0 Å². The van der Waals surface area contributed by atoms with E-state index >= 15 is 0 Å². The van der Waals surface area contributed by atoms with Crippen LogP contribution in [0.15, 0.2) is 54.6 Å². The highest BCUT2D eigenvalue weighted by Crippen LogP contribution is 2.61. The summed E-state index contributed by atoms with van der Waals surface area (Å²) in [5.74, 6) is 3.19. The van der Waals surface area contributed by atoms with E-state index in [1.165, 1.54) is 30.4 Å². The SMILES string of the molecule is CC1(C)C2CCCNC2N2C3CNCCC3C3CC(C(=O)c4ccc(-c5ccccc5)cc4)CC1C32. The fourth-order valence-electron chi connectivity index (χ4n) is 9.36. The standard InChI is InChI=1S/C32H41N3O/c1-32(2)26-9-6-15-34-31(26)35-28-19-33-16-14-24(28)25-17-23(18-27(32)29(25)35)30(36)22-12-10-21(11-13-22)20-7-4-3-5-8-20/h3-5,7-8,10-13,23-29,31,33-34H,6,9,14-19H2,1-2H3. The number of rotatable bonds is 3. The largest absolute Gasteiger partial charge is 0.315 e. The zero-order valence-electron chi connectivity index (χ0n) is 21.8. The van der Waals surface area contributed by atoms with Gasteiger partial charge in [-0.1, -0.05) is 68.4 Å². The molecule has 4 heterocycles. The van der Waals surface area contributed by atoms with E-state index in [1.807, 2.05) is 6.07 Å². The van der Waals surface area contributed by atoms with Crippen molar-refractivity contribution in [2.75, 3.05) is 19.6 Å². The van der Waals surface area contributed by atoms with Crippen molar-refractivity contribution in [2.45, 2.75) is 64.2 Å². The molecule has 1 aliphatic carbocycles. The summed E-state index contributed by atoms with van der Waals surface area (Å²) < 4.78 is 0. The van der Waals surface area contributed by atoms with Crippen LogP contribution in [0.5, 0.6) is 0 Å². The number of ketones is 1. The Morgan fingerprint density at radius 1 is 0.889 bits per heavy atom. The zero-order valence-corrected chi connectivity index (χ0v) is 21.8. The highest BCUT2D eigenvalue weighted by atomic mass is 16.1. The second-order valence-corrected chi connectivity index (χ2v) is 12.9. The number of Topliss-reactive ketones (excluding diaryl/α,β-unsaturated/α-hetero) is 1. The monoisotopic (exact) mass is 483 g/mol. The molecule has 5 aliphatic rings. The smallest absolute Gasteiger partial charge is 0.165 e. The van der Waals surface area contributed by atoms with E-state index in [1.54, 1.807) is 0 Å². The molecule has 2 aromatic carbocycles. The molecule has 7 rings (SSSR count). The fourth-order valence-corrected chi connectivity index (χ4v) is 9.36. The van der Waals surface area contributed by atoms with Crippen molar-refractivity contribution < 1.29 is 4.79 Å². The van der Waals surface area contributed by atoms with Crippen LogP contribution in [0.1, 0.15) is 56.3 Å². The van der Waals surface area contributed by atoms with Crippen LogP contribution in [0.2, 0.25) is 0 Å². The number of benzene rings is 2. The Hall–Kier alpha value is -2.01. The molecule has 4 aliphatic heterocycles. The number of carbonyl (C=O) groups excluding carboxylic acids is 1. The summed E-state index contributed by atoms with van der Waals surface area (Å²) in [6.45, 7) is 8.49. The van der Waals surface area contributed by atoms with Crippen LogP contribution in [0.4, 0.5) is 0 Å². The predicted molar refractivity (Wildman–Crippen MR) is 145 cm³/mol. The molecular weight excluding hydrogens is 442 g/mol. The lowest BCUT2D eigenvalue weighted by molar-refractivity contribution is -0.134. The first kappa shape index (κ1) is 23.1. The maximum atomic E-state index is 14.0. The second-order valence-electron chi connectivity index (χ2n) is 12.9. The van der Waals surface area contributed by atoms with E-state index in [0.717, 1.165) is 44.0 Å². The van der Waals surface area contributed by atoms with Gasteiger partial charge in [-0.15, -0.1) is 0 Å². The predicted octanol–water partition coefficient (Wildman–Crippen LogP) is 5.21. The Kier molecular flexibility index (Phi) is 5.65. The molecule has 2 N–H and O–H groups in total. The third-order valence-electron chi connectivity index (χ3n) is 11.0. The molecule has 0 radical (unpaired) electrons.